The van der Waals surface area contributed by atoms with E-state index in [1.165, 1.54) is 11.3 Å². The second-order valence-electron chi connectivity index (χ2n) is 8.73. The van der Waals surface area contributed by atoms with E-state index in [9.17, 15) is 9.59 Å². The summed E-state index contributed by atoms with van der Waals surface area (Å²) in [6.45, 7) is 3.97. The maximum atomic E-state index is 13.6. The van der Waals surface area contributed by atoms with E-state index in [0.717, 1.165) is 64.7 Å². The van der Waals surface area contributed by atoms with E-state index < -0.39 is 0 Å². The maximum absolute atomic E-state index is 13.6. The van der Waals surface area contributed by atoms with Gasteiger partial charge < -0.3 is 14.4 Å². The first-order valence-corrected chi connectivity index (χ1v) is 13.1. The first-order valence-electron chi connectivity index (χ1n) is 11.5. The van der Waals surface area contributed by atoms with Crippen LogP contribution >= 0.6 is 27.3 Å². The van der Waals surface area contributed by atoms with E-state index in [0.29, 0.717) is 18.0 Å². The Morgan fingerprint density at radius 3 is 2.73 bits per heavy atom. The summed E-state index contributed by atoms with van der Waals surface area (Å²) in [6, 6.07) is 11.2. The quantitative estimate of drug-likeness (QED) is 0.450. The molecule has 0 radical (unpaired) electrons. The monoisotopic (exact) mass is 530 g/mol. The number of aryl methyl sites for hydroxylation is 1. The Balaban J connectivity index is 1.43. The lowest BCUT2D eigenvalue weighted by molar-refractivity contribution is -0.168. The first-order chi connectivity index (χ1) is 16.0. The summed E-state index contributed by atoms with van der Waals surface area (Å²) in [5.41, 5.74) is 1.81. The Hall–Kier alpha value is -2.00. The molecule has 2 saturated heterocycles. The van der Waals surface area contributed by atoms with Crippen molar-refractivity contribution in [1.29, 1.82) is 0 Å². The van der Waals surface area contributed by atoms with Gasteiger partial charge in [-0.2, -0.15) is 0 Å². The number of halogens is 1. The van der Waals surface area contributed by atoms with Gasteiger partial charge in [-0.15, -0.1) is 11.3 Å². The molecule has 0 spiro atoms. The molecule has 0 bridgehead atoms. The van der Waals surface area contributed by atoms with Crippen molar-refractivity contribution in [3.8, 4) is 5.69 Å². The molecule has 33 heavy (non-hydrogen) atoms. The minimum absolute atomic E-state index is 0.0124. The van der Waals surface area contributed by atoms with E-state index in [4.69, 9.17) is 9.47 Å². The van der Waals surface area contributed by atoms with Crippen LogP contribution in [0.2, 0.25) is 0 Å². The number of rotatable bonds is 5. The maximum Gasteiger partial charge on any atom is 0.265 e. The average molecular weight is 531 g/mol. The van der Waals surface area contributed by atoms with Crippen molar-refractivity contribution in [3.05, 3.63) is 61.7 Å². The van der Waals surface area contributed by atoms with Gasteiger partial charge in [-0.1, -0.05) is 17.7 Å². The number of fused-ring (bicyclic) bond motifs is 1. The van der Waals surface area contributed by atoms with E-state index >= 15 is 0 Å². The standard InChI is InChI=1S/C25H27BrN2O4S/c1-16-7-9-17(10-8-16)28-20(29)12-11-19-22(26)23(33-25(19)28)24(30)27-13-4-5-18(27)15-32-21-6-2-3-14-31-21/h7-12,18,21H,2-6,13-15H2,1H3/t18-,21?/m1/s1. The lowest BCUT2D eigenvalue weighted by Gasteiger charge is -2.28. The van der Waals surface area contributed by atoms with Gasteiger partial charge >= 0.3 is 0 Å². The van der Waals surface area contributed by atoms with Crippen LogP contribution in [-0.2, 0) is 9.47 Å². The number of amides is 1. The normalized spacial score (nSPS) is 21.1. The highest BCUT2D eigenvalue weighted by atomic mass is 79.9. The van der Waals surface area contributed by atoms with E-state index in [2.05, 4.69) is 15.9 Å². The summed E-state index contributed by atoms with van der Waals surface area (Å²) in [7, 11) is 0. The molecular formula is C25H27BrN2O4S. The van der Waals surface area contributed by atoms with E-state index in [-0.39, 0.29) is 23.8 Å². The molecule has 0 N–H and O–H groups in total. The van der Waals surface area contributed by atoms with Gasteiger partial charge in [0, 0.05) is 24.6 Å². The highest BCUT2D eigenvalue weighted by Gasteiger charge is 2.33. The first kappa shape index (κ1) is 22.8. The second-order valence-corrected chi connectivity index (χ2v) is 10.5. The van der Waals surface area contributed by atoms with Crippen LogP contribution in [0.4, 0.5) is 0 Å². The second kappa shape index (κ2) is 9.70. The van der Waals surface area contributed by atoms with Crippen LogP contribution in [0, 0.1) is 6.92 Å². The lowest BCUT2D eigenvalue weighted by atomic mass is 10.2. The number of benzene rings is 1. The molecule has 2 atom stereocenters. The fourth-order valence-electron chi connectivity index (χ4n) is 4.60. The van der Waals surface area contributed by atoms with Gasteiger partial charge in [-0.05, 0) is 73.2 Å². The van der Waals surface area contributed by atoms with Crippen molar-refractivity contribution >= 4 is 43.4 Å². The molecule has 1 unspecified atom stereocenters. The fourth-order valence-corrected chi connectivity index (χ4v) is 6.62. The zero-order valence-electron chi connectivity index (χ0n) is 18.6. The molecule has 174 valence electrons. The number of hydrogen-bond acceptors (Lipinski definition) is 5. The van der Waals surface area contributed by atoms with Gasteiger partial charge in [0.05, 0.1) is 22.8 Å². The van der Waals surface area contributed by atoms with Crippen LogP contribution in [0.5, 0.6) is 0 Å². The van der Waals surface area contributed by atoms with Crippen LogP contribution in [0.3, 0.4) is 0 Å². The van der Waals surface area contributed by atoms with Crippen molar-refractivity contribution in [1.82, 2.24) is 9.47 Å². The molecule has 0 aliphatic carbocycles. The number of pyridine rings is 1. The largest absolute Gasteiger partial charge is 0.353 e. The van der Waals surface area contributed by atoms with Crippen molar-refractivity contribution in [2.24, 2.45) is 0 Å². The summed E-state index contributed by atoms with van der Waals surface area (Å²) in [4.78, 5) is 29.7. The number of carbonyl (C=O) groups excluding carboxylic acids is 1. The van der Waals surface area contributed by atoms with Gasteiger partial charge in [0.1, 0.15) is 9.71 Å². The van der Waals surface area contributed by atoms with Crippen LogP contribution < -0.4 is 5.56 Å². The summed E-state index contributed by atoms with van der Waals surface area (Å²) in [6.07, 6.45) is 4.85. The minimum atomic E-state index is -0.156. The lowest BCUT2D eigenvalue weighted by Crippen LogP contribution is -2.39. The Morgan fingerprint density at radius 1 is 1.15 bits per heavy atom. The molecule has 6 nitrogen and oxygen atoms in total. The summed E-state index contributed by atoms with van der Waals surface area (Å²) in [5, 5.41) is 0.867. The predicted octanol–water partition coefficient (Wildman–Crippen LogP) is 5.27. The minimum Gasteiger partial charge on any atom is -0.353 e. The van der Waals surface area contributed by atoms with Gasteiger partial charge in [0.25, 0.3) is 11.5 Å². The Labute approximate surface area is 205 Å². The van der Waals surface area contributed by atoms with E-state index in [1.807, 2.05) is 36.1 Å². The van der Waals surface area contributed by atoms with Crippen molar-refractivity contribution in [2.45, 2.75) is 51.4 Å². The third kappa shape index (κ3) is 4.54. The number of likely N-dealkylation sites (tertiary alicyclic amines) is 1. The average Bonchev–Trinajstić information content (AvgIpc) is 3.43. The van der Waals surface area contributed by atoms with Crippen LogP contribution in [0.15, 0.2) is 45.7 Å². The van der Waals surface area contributed by atoms with Crippen molar-refractivity contribution < 1.29 is 14.3 Å². The van der Waals surface area contributed by atoms with Crippen LogP contribution in [-0.4, -0.2) is 47.5 Å². The highest BCUT2D eigenvalue weighted by molar-refractivity contribution is 9.10. The zero-order valence-corrected chi connectivity index (χ0v) is 21.0. The Morgan fingerprint density at radius 2 is 1.97 bits per heavy atom. The molecule has 0 saturated carbocycles. The Bertz CT molecular complexity index is 1210. The topological polar surface area (TPSA) is 60.8 Å². The molecule has 2 aliphatic rings. The number of carbonyl (C=O) groups is 1. The van der Waals surface area contributed by atoms with Crippen LogP contribution in [0.25, 0.3) is 15.9 Å². The summed E-state index contributed by atoms with van der Waals surface area (Å²) >= 11 is 5.03. The van der Waals surface area contributed by atoms with Crippen molar-refractivity contribution in [3.63, 3.8) is 0 Å². The number of nitrogens with zero attached hydrogens (tertiary/aromatic N) is 2. The number of hydrogen-bond donors (Lipinski definition) is 0. The molecule has 2 aromatic heterocycles. The smallest absolute Gasteiger partial charge is 0.265 e. The van der Waals surface area contributed by atoms with Gasteiger partial charge in [0.2, 0.25) is 0 Å². The molecule has 2 fully saturated rings. The zero-order chi connectivity index (χ0) is 22.9. The third-order valence-electron chi connectivity index (χ3n) is 6.42. The van der Waals surface area contributed by atoms with Gasteiger partial charge in [-0.3, -0.25) is 14.2 Å². The molecule has 3 aromatic rings. The summed E-state index contributed by atoms with van der Waals surface area (Å²) < 4.78 is 14.1. The van der Waals surface area contributed by atoms with Crippen LogP contribution in [0.1, 0.15) is 47.3 Å². The number of aromatic nitrogens is 1. The molecule has 8 heteroatoms. The number of ether oxygens (including phenoxy) is 2. The highest BCUT2D eigenvalue weighted by Crippen LogP contribution is 2.37. The molecular weight excluding hydrogens is 504 g/mol. The number of thiophene rings is 1. The van der Waals surface area contributed by atoms with E-state index in [1.54, 1.807) is 16.7 Å². The third-order valence-corrected chi connectivity index (χ3v) is 8.68. The van der Waals surface area contributed by atoms with Gasteiger partial charge in [0.15, 0.2) is 6.29 Å². The molecule has 1 aromatic carbocycles. The predicted molar refractivity (Wildman–Crippen MR) is 133 cm³/mol. The Kier molecular flexibility index (Phi) is 6.69. The SMILES string of the molecule is Cc1ccc(-n2c(=O)ccc3c(Br)c(C(=O)N4CCC[C@@H]4COC4CCCCO4)sc32)cc1. The van der Waals surface area contributed by atoms with Gasteiger partial charge in [-0.25, -0.2) is 0 Å². The molecule has 5 rings (SSSR count). The summed E-state index contributed by atoms with van der Waals surface area (Å²) in [5.74, 6) is -0.0124. The molecule has 2 aliphatic heterocycles. The molecule has 4 heterocycles. The molecule has 1 amide bonds. The fraction of sp³-hybridized carbons (Fsp3) is 0.440. The van der Waals surface area contributed by atoms with Crippen molar-refractivity contribution in [2.75, 3.05) is 19.8 Å².